The number of ether oxygens (including phenoxy) is 4. The van der Waals surface area contributed by atoms with Gasteiger partial charge in [-0.05, 0) is 92.1 Å². The Morgan fingerprint density at radius 3 is 1.88 bits per heavy atom. The highest BCUT2D eigenvalue weighted by molar-refractivity contribution is 6.04. The quantitative estimate of drug-likeness (QED) is 0.186. The molecule has 0 radical (unpaired) electrons. The molecular formula is C38H49N3O7. The van der Waals surface area contributed by atoms with Gasteiger partial charge >= 0.3 is 12.2 Å². The minimum Gasteiger partial charge on any atom is -0.496 e. The molecule has 3 aromatic carbocycles. The van der Waals surface area contributed by atoms with Crippen molar-refractivity contribution in [3.05, 3.63) is 58.3 Å². The molecule has 5 rings (SSSR count). The number of fused-ring (bicyclic) bond motifs is 5. The molecule has 0 fully saturated rings. The Hall–Kier alpha value is -4.47. The average molecular weight is 660 g/mol. The number of hydrogen-bond acceptors (Lipinski definition) is 7. The maximum Gasteiger partial charge on any atom is 0.410 e. The van der Waals surface area contributed by atoms with E-state index >= 15 is 0 Å². The van der Waals surface area contributed by atoms with E-state index in [1.54, 1.807) is 29.7 Å². The zero-order valence-corrected chi connectivity index (χ0v) is 30.2. The predicted octanol–water partition coefficient (Wildman–Crippen LogP) is 7.95. The van der Waals surface area contributed by atoms with Gasteiger partial charge in [0.15, 0.2) is 12.2 Å². The lowest BCUT2D eigenvalue weighted by molar-refractivity contribution is -0.128. The zero-order chi connectivity index (χ0) is 35.4. The van der Waals surface area contributed by atoms with Gasteiger partial charge in [-0.2, -0.15) is 0 Å². The van der Waals surface area contributed by atoms with Gasteiger partial charge in [0.05, 0.1) is 29.1 Å². The summed E-state index contributed by atoms with van der Waals surface area (Å²) < 4.78 is 27.2. The highest BCUT2D eigenvalue weighted by Gasteiger charge is 2.51. The number of methoxy groups -OCH3 is 1. The number of carbonyl (C=O) groups is 2. The van der Waals surface area contributed by atoms with E-state index in [1.807, 2.05) is 103 Å². The maximum atomic E-state index is 14.4. The van der Waals surface area contributed by atoms with Gasteiger partial charge in [-0.1, -0.05) is 24.3 Å². The van der Waals surface area contributed by atoms with E-state index in [9.17, 15) is 14.4 Å². The van der Waals surface area contributed by atoms with Crippen LogP contribution in [0.25, 0.3) is 32.6 Å². The molecule has 2 amide bonds. The fourth-order valence-electron chi connectivity index (χ4n) is 7.22. The molecule has 258 valence electrons. The summed E-state index contributed by atoms with van der Waals surface area (Å²) in [5.74, 6) is 0.697. The smallest absolute Gasteiger partial charge is 0.410 e. The summed E-state index contributed by atoms with van der Waals surface area (Å²) in [5, 5.41) is 2.73. The molecule has 0 unspecified atom stereocenters. The van der Waals surface area contributed by atoms with Crippen LogP contribution < -0.4 is 14.9 Å². The van der Waals surface area contributed by atoms with Gasteiger partial charge < -0.3 is 33.3 Å². The van der Waals surface area contributed by atoms with Crippen molar-refractivity contribution >= 4 is 44.8 Å². The molecular weight excluding hydrogens is 610 g/mol. The first-order valence-corrected chi connectivity index (χ1v) is 16.7. The lowest BCUT2D eigenvalue weighted by atomic mass is 9.86. The van der Waals surface area contributed by atoms with Gasteiger partial charge in [0.2, 0.25) is 5.43 Å². The normalized spacial score (nSPS) is 17.2. The molecule has 0 spiro atoms. The lowest BCUT2D eigenvalue weighted by Crippen LogP contribution is -2.55. The molecule has 0 saturated heterocycles. The highest BCUT2D eigenvalue weighted by Crippen LogP contribution is 2.49. The molecule has 0 bridgehead atoms. The molecule has 1 aliphatic heterocycles. The van der Waals surface area contributed by atoms with Crippen molar-refractivity contribution in [1.82, 2.24) is 14.4 Å². The Kier molecular flexibility index (Phi) is 9.34. The number of pyridine rings is 1. The number of nitrogens with zero attached hydrogens (tertiary/aromatic N) is 3. The third kappa shape index (κ3) is 5.90. The summed E-state index contributed by atoms with van der Waals surface area (Å²) in [5.41, 5.74) is 0.194. The first kappa shape index (κ1) is 34.9. The van der Waals surface area contributed by atoms with E-state index in [0.717, 1.165) is 10.8 Å². The van der Waals surface area contributed by atoms with E-state index < -0.39 is 30.0 Å². The van der Waals surface area contributed by atoms with Crippen LogP contribution in [-0.4, -0.2) is 69.5 Å². The first-order chi connectivity index (χ1) is 22.5. The van der Waals surface area contributed by atoms with Crippen molar-refractivity contribution in [2.24, 2.45) is 7.05 Å². The number of aromatic nitrogens is 1. The number of rotatable bonds is 7. The minimum absolute atomic E-state index is 0.150. The highest BCUT2D eigenvalue weighted by atomic mass is 16.6. The number of carbonyl (C=O) groups excluding carboxylic acids is 2. The van der Waals surface area contributed by atoms with Crippen molar-refractivity contribution in [3.8, 4) is 11.5 Å². The minimum atomic E-state index is -1.15. The summed E-state index contributed by atoms with van der Waals surface area (Å²) in [7, 11) is 3.38. The first-order valence-electron chi connectivity index (χ1n) is 16.7. The summed E-state index contributed by atoms with van der Waals surface area (Å²) in [6, 6.07) is 12.8. The van der Waals surface area contributed by atoms with Crippen LogP contribution in [0.3, 0.4) is 0 Å². The maximum absolute atomic E-state index is 14.4. The summed E-state index contributed by atoms with van der Waals surface area (Å²) >= 11 is 0. The Morgan fingerprint density at radius 1 is 0.833 bits per heavy atom. The molecule has 48 heavy (non-hydrogen) atoms. The van der Waals surface area contributed by atoms with E-state index in [1.165, 1.54) is 7.11 Å². The van der Waals surface area contributed by atoms with Gasteiger partial charge in [-0.3, -0.25) is 4.79 Å². The molecule has 2 heterocycles. The molecule has 10 heteroatoms. The standard InChI is InChI=1S/C38H49N3O7/c1-20(2)40(21(3)4)36(43)46-34-31-29(48-38(9,10)35(34)47-37(44)41(22(5)6)23(7)8)19-28(45-12)30-32(31)39(11)27-18-25-16-14-13-15-24(25)17-26(27)33(30)42/h13-23,34-35H,1-12H3/t34-,35-/m1/s1. The van der Waals surface area contributed by atoms with E-state index in [0.29, 0.717) is 38.9 Å². The number of amides is 2. The summed E-state index contributed by atoms with van der Waals surface area (Å²) in [6.45, 7) is 19.0. The third-order valence-corrected chi connectivity index (χ3v) is 9.24. The van der Waals surface area contributed by atoms with Crippen LogP contribution in [-0.2, 0) is 16.5 Å². The van der Waals surface area contributed by atoms with Crippen molar-refractivity contribution in [3.63, 3.8) is 0 Å². The van der Waals surface area contributed by atoms with E-state index in [-0.39, 0.29) is 29.6 Å². The van der Waals surface area contributed by atoms with Gasteiger partial charge in [0.1, 0.15) is 17.1 Å². The van der Waals surface area contributed by atoms with Gasteiger partial charge in [0, 0.05) is 42.7 Å². The Labute approximate surface area is 282 Å². The van der Waals surface area contributed by atoms with Gasteiger partial charge in [-0.25, -0.2) is 9.59 Å². The van der Waals surface area contributed by atoms with Crippen LogP contribution in [0.4, 0.5) is 9.59 Å². The average Bonchev–Trinajstić information content (AvgIpc) is 2.98. The summed E-state index contributed by atoms with van der Waals surface area (Å²) in [4.78, 5) is 45.7. The molecule has 10 nitrogen and oxygen atoms in total. The van der Waals surface area contributed by atoms with Crippen molar-refractivity contribution < 1.29 is 28.5 Å². The SMILES string of the molecule is COc1cc2c(c3c1c(=O)c1cc4ccccc4cc1n3C)[C@@H](OC(=O)N(C(C)C)C(C)C)[C@@H](OC(=O)N(C(C)C)C(C)C)C(C)(C)O2. The number of aryl methyl sites for hydroxylation is 1. The molecule has 0 saturated carbocycles. The molecule has 4 aromatic rings. The lowest BCUT2D eigenvalue weighted by Gasteiger charge is -2.45. The van der Waals surface area contributed by atoms with Crippen molar-refractivity contribution in [2.45, 2.75) is 111 Å². The summed E-state index contributed by atoms with van der Waals surface area (Å²) in [6.07, 6.45) is -3.35. The van der Waals surface area contributed by atoms with Crippen LogP contribution in [0.2, 0.25) is 0 Å². The topological polar surface area (TPSA) is 99.5 Å². The zero-order valence-electron chi connectivity index (χ0n) is 30.2. The predicted molar refractivity (Wildman–Crippen MR) is 189 cm³/mol. The number of hydrogen-bond donors (Lipinski definition) is 0. The second kappa shape index (κ2) is 12.9. The second-order valence-corrected chi connectivity index (χ2v) is 14.3. The third-order valence-electron chi connectivity index (χ3n) is 9.24. The van der Waals surface area contributed by atoms with Crippen LogP contribution in [0.5, 0.6) is 11.5 Å². The van der Waals surface area contributed by atoms with Crippen LogP contribution >= 0.6 is 0 Å². The molecule has 0 aliphatic carbocycles. The second-order valence-electron chi connectivity index (χ2n) is 14.3. The molecule has 1 aliphatic rings. The monoisotopic (exact) mass is 659 g/mol. The van der Waals surface area contributed by atoms with Crippen LogP contribution in [0.15, 0.2) is 47.3 Å². The van der Waals surface area contributed by atoms with Gasteiger partial charge in [0.25, 0.3) is 0 Å². The van der Waals surface area contributed by atoms with Crippen molar-refractivity contribution in [2.75, 3.05) is 7.11 Å². The Bertz CT molecular complexity index is 1930. The fourth-order valence-corrected chi connectivity index (χ4v) is 7.22. The molecule has 1 aromatic heterocycles. The molecule has 0 N–H and O–H groups in total. The number of benzene rings is 3. The van der Waals surface area contributed by atoms with Crippen LogP contribution in [0, 0.1) is 0 Å². The van der Waals surface area contributed by atoms with Gasteiger partial charge in [-0.15, -0.1) is 0 Å². The fraction of sp³-hybridized carbons (Fsp3) is 0.500. The Balaban J connectivity index is 1.85. The van der Waals surface area contributed by atoms with E-state index in [2.05, 4.69) is 0 Å². The van der Waals surface area contributed by atoms with Crippen molar-refractivity contribution in [1.29, 1.82) is 0 Å². The van der Waals surface area contributed by atoms with Crippen LogP contribution in [0.1, 0.15) is 80.9 Å². The Morgan fingerprint density at radius 2 is 1.35 bits per heavy atom. The largest absolute Gasteiger partial charge is 0.496 e. The van der Waals surface area contributed by atoms with E-state index in [4.69, 9.17) is 18.9 Å². The molecule has 2 atom stereocenters.